The van der Waals surface area contributed by atoms with Crippen molar-refractivity contribution in [2.24, 2.45) is 5.92 Å². The summed E-state index contributed by atoms with van der Waals surface area (Å²) in [5.74, 6) is 0.290. The molecule has 0 aromatic carbocycles. The zero-order chi connectivity index (χ0) is 12.3. The molecule has 2 nitrogen and oxygen atoms in total. The van der Waals surface area contributed by atoms with Crippen molar-refractivity contribution in [1.29, 1.82) is 0 Å². The van der Waals surface area contributed by atoms with Gasteiger partial charge in [-0.25, -0.2) is 4.79 Å². The maximum Gasteiger partial charge on any atom is 0.335 e. The van der Waals surface area contributed by atoms with Crippen LogP contribution in [0.25, 0.3) is 0 Å². The molecule has 1 aliphatic carbocycles. The molecule has 1 aliphatic heterocycles. The third kappa shape index (κ3) is 2.85. The van der Waals surface area contributed by atoms with E-state index in [2.05, 4.69) is 6.92 Å². The zero-order valence-corrected chi connectivity index (χ0v) is 11.3. The van der Waals surface area contributed by atoms with Crippen LogP contribution in [0.4, 0.5) is 0 Å². The number of rotatable bonds is 4. The van der Waals surface area contributed by atoms with E-state index in [1.807, 2.05) is 0 Å². The summed E-state index contributed by atoms with van der Waals surface area (Å²) in [5.41, 5.74) is 0.740. The van der Waals surface area contributed by atoms with Gasteiger partial charge in [0, 0.05) is 5.92 Å². The number of esters is 1. The molecule has 0 aromatic heterocycles. The highest BCUT2D eigenvalue weighted by atomic mass is 35.5. The van der Waals surface area contributed by atoms with Gasteiger partial charge in [-0.05, 0) is 25.7 Å². The fourth-order valence-corrected chi connectivity index (χ4v) is 3.22. The Morgan fingerprint density at radius 1 is 1.29 bits per heavy atom. The molecule has 0 saturated heterocycles. The van der Waals surface area contributed by atoms with Crippen LogP contribution in [-0.4, -0.2) is 12.1 Å². The lowest BCUT2D eigenvalue weighted by Gasteiger charge is -2.26. The Kier molecular flexibility index (Phi) is 4.49. The number of carbonyl (C=O) groups excluding carboxylic acids is 1. The summed E-state index contributed by atoms with van der Waals surface area (Å²) in [7, 11) is 0. The van der Waals surface area contributed by atoms with Gasteiger partial charge in [0.1, 0.15) is 6.10 Å². The zero-order valence-electron chi connectivity index (χ0n) is 10.5. The van der Waals surface area contributed by atoms with Gasteiger partial charge in [-0.15, -0.1) is 0 Å². The molecule has 2 rings (SSSR count). The van der Waals surface area contributed by atoms with Gasteiger partial charge >= 0.3 is 5.97 Å². The maximum absolute atomic E-state index is 11.8. The minimum absolute atomic E-state index is 0.128. The summed E-state index contributed by atoms with van der Waals surface area (Å²) >= 11 is 6.34. The largest absolute Gasteiger partial charge is 0.453 e. The van der Waals surface area contributed by atoms with E-state index < -0.39 is 0 Å². The molecule has 0 aromatic rings. The van der Waals surface area contributed by atoms with Crippen LogP contribution in [0.1, 0.15) is 58.3 Å². The molecule has 17 heavy (non-hydrogen) atoms. The summed E-state index contributed by atoms with van der Waals surface area (Å²) in [6.45, 7) is 2.12. The Balaban J connectivity index is 2.04. The van der Waals surface area contributed by atoms with Gasteiger partial charge in [0.05, 0.1) is 10.6 Å². The number of halogens is 1. The molecule has 1 fully saturated rings. The van der Waals surface area contributed by atoms with E-state index in [0.717, 1.165) is 37.7 Å². The predicted molar refractivity (Wildman–Crippen MR) is 68.9 cm³/mol. The van der Waals surface area contributed by atoms with Crippen LogP contribution in [0, 0.1) is 5.92 Å². The van der Waals surface area contributed by atoms with Gasteiger partial charge in [0.2, 0.25) is 0 Å². The van der Waals surface area contributed by atoms with E-state index in [0.29, 0.717) is 11.0 Å². The molecule has 1 saturated carbocycles. The Morgan fingerprint density at radius 2 is 2.00 bits per heavy atom. The Hall–Kier alpha value is -0.500. The van der Waals surface area contributed by atoms with Crippen LogP contribution < -0.4 is 0 Å². The normalized spacial score (nSPS) is 26.5. The van der Waals surface area contributed by atoms with Gasteiger partial charge < -0.3 is 4.74 Å². The average molecular weight is 257 g/mol. The van der Waals surface area contributed by atoms with E-state index in [-0.39, 0.29) is 12.1 Å². The maximum atomic E-state index is 11.8. The highest BCUT2D eigenvalue weighted by molar-refractivity contribution is 6.33. The monoisotopic (exact) mass is 256 g/mol. The highest BCUT2D eigenvalue weighted by Gasteiger charge is 2.37. The molecule has 1 heterocycles. The lowest BCUT2D eigenvalue weighted by Crippen LogP contribution is -2.24. The number of unbranched alkanes of at least 4 members (excludes halogenated alkanes) is 1. The lowest BCUT2D eigenvalue weighted by molar-refractivity contribution is -0.142. The van der Waals surface area contributed by atoms with Gasteiger partial charge in [-0.1, -0.05) is 44.2 Å². The standard InChI is InChI=1S/C14H21ClO2/c1-2-3-9-11-12(15)13(17-14(11)16)10-7-5-4-6-8-10/h10,13H,2-9H2,1H3. The molecule has 96 valence electrons. The minimum Gasteiger partial charge on any atom is -0.453 e. The summed E-state index contributed by atoms with van der Waals surface area (Å²) in [4.78, 5) is 11.8. The lowest BCUT2D eigenvalue weighted by atomic mass is 9.85. The first-order valence-corrected chi connectivity index (χ1v) is 7.21. The summed E-state index contributed by atoms with van der Waals surface area (Å²) in [6.07, 6.45) is 8.83. The Labute approximate surface area is 108 Å². The minimum atomic E-state index is -0.168. The van der Waals surface area contributed by atoms with Crippen molar-refractivity contribution in [3.05, 3.63) is 10.6 Å². The predicted octanol–water partition coefficient (Wildman–Crippen LogP) is 4.18. The third-order valence-electron chi connectivity index (χ3n) is 3.88. The van der Waals surface area contributed by atoms with Gasteiger partial charge in [0.25, 0.3) is 0 Å². The van der Waals surface area contributed by atoms with Crippen LogP contribution in [0.15, 0.2) is 10.6 Å². The highest BCUT2D eigenvalue weighted by Crippen LogP contribution is 2.39. The van der Waals surface area contributed by atoms with Crippen molar-refractivity contribution in [2.75, 3.05) is 0 Å². The van der Waals surface area contributed by atoms with Crippen LogP contribution in [0.5, 0.6) is 0 Å². The van der Waals surface area contributed by atoms with Crippen LogP contribution in [0.3, 0.4) is 0 Å². The number of ether oxygens (including phenoxy) is 1. The van der Waals surface area contributed by atoms with Crippen molar-refractivity contribution in [1.82, 2.24) is 0 Å². The Bertz CT molecular complexity index is 316. The van der Waals surface area contributed by atoms with Crippen molar-refractivity contribution >= 4 is 17.6 Å². The van der Waals surface area contributed by atoms with E-state index in [1.165, 1.54) is 19.3 Å². The molecule has 1 atom stereocenters. The second-order valence-corrected chi connectivity index (χ2v) is 5.56. The molecular formula is C14H21ClO2. The summed E-state index contributed by atoms with van der Waals surface area (Å²) in [5, 5.41) is 0.704. The van der Waals surface area contributed by atoms with Crippen molar-refractivity contribution < 1.29 is 9.53 Å². The molecule has 0 radical (unpaired) electrons. The van der Waals surface area contributed by atoms with E-state index in [9.17, 15) is 4.79 Å². The number of hydrogen-bond donors (Lipinski definition) is 0. The topological polar surface area (TPSA) is 26.3 Å². The molecule has 0 N–H and O–H groups in total. The first-order chi connectivity index (χ1) is 8.24. The average Bonchev–Trinajstić information content (AvgIpc) is 2.64. The quantitative estimate of drug-likeness (QED) is 0.706. The smallest absolute Gasteiger partial charge is 0.335 e. The van der Waals surface area contributed by atoms with E-state index >= 15 is 0 Å². The molecule has 0 amide bonds. The van der Waals surface area contributed by atoms with E-state index in [4.69, 9.17) is 16.3 Å². The van der Waals surface area contributed by atoms with Gasteiger partial charge in [0.15, 0.2) is 0 Å². The van der Waals surface area contributed by atoms with E-state index in [1.54, 1.807) is 0 Å². The third-order valence-corrected chi connectivity index (χ3v) is 4.32. The fraction of sp³-hybridized carbons (Fsp3) is 0.786. The van der Waals surface area contributed by atoms with Gasteiger partial charge in [-0.2, -0.15) is 0 Å². The number of carbonyl (C=O) groups is 1. The van der Waals surface area contributed by atoms with Crippen LogP contribution in [0.2, 0.25) is 0 Å². The van der Waals surface area contributed by atoms with Crippen molar-refractivity contribution in [3.63, 3.8) is 0 Å². The molecule has 2 aliphatic rings. The number of cyclic esters (lactones) is 1. The molecule has 1 unspecified atom stereocenters. The van der Waals surface area contributed by atoms with Crippen LogP contribution >= 0.6 is 11.6 Å². The SMILES string of the molecule is CCCCC1=C(Cl)C(C2CCCCC2)OC1=O. The molecule has 0 bridgehead atoms. The van der Waals surface area contributed by atoms with Crippen molar-refractivity contribution in [2.45, 2.75) is 64.4 Å². The van der Waals surface area contributed by atoms with Crippen molar-refractivity contribution in [3.8, 4) is 0 Å². The first kappa shape index (κ1) is 12.9. The second-order valence-electron chi connectivity index (χ2n) is 5.15. The summed E-state index contributed by atoms with van der Waals surface area (Å²) < 4.78 is 5.48. The fourth-order valence-electron chi connectivity index (χ4n) is 2.82. The first-order valence-electron chi connectivity index (χ1n) is 6.83. The second kappa shape index (κ2) is 5.90. The van der Waals surface area contributed by atoms with Gasteiger partial charge in [-0.3, -0.25) is 0 Å². The molecule has 0 spiro atoms. The Morgan fingerprint density at radius 3 is 2.65 bits per heavy atom. The molecule has 3 heteroatoms. The summed E-state index contributed by atoms with van der Waals surface area (Å²) in [6, 6.07) is 0. The molecular weight excluding hydrogens is 236 g/mol. The number of hydrogen-bond acceptors (Lipinski definition) is 2. The van der Waals surface area contributed by atoms with Crippen LogP contribution in [-0.2, 0) is 9.53 Å².